The second-order valence-corrected chi connectivity index (χ2v) is 6.34. The normalized spacial score (nSPS) is 72.5. The van der Waals surface area contributed by atoms with Crippen LogP contribution in [0.1, 0.15) is 33.1 Å². The first-order valence-electron chi connectivity index (χ1n) is 6.29. The summed E-state index contributed by atoms with van der Waals surface area (Å²) in [6.45, 7) is 5.03. The van der Waals surface area contributed by atoms with Crippen molar-refractivity contribution >= 4 is 0 Å². The Morgan fingerprint density at radius 2 is 1.15 bits per heavy atom. The summed E-state index contributed by atoms with van der Waals surface area (Å²) < 4.78 is 0. The lowest BCUT2D eigenvalue weighted by molar-refractivity contribution is -0.110. The van der Waals surface area contributed by atoms with Gasteiger partial charge in [0.2, 0.25) is 0 Å². The maximum atomic E-state index is 2.51. The molecular weight excluding hydrogens is 156 g/mol. The molecule has 0 nitrogen and oxygen atoms in total. The summed E-state index contributed by atoms with van der Waals surface area (Å²) in [4.78, 5) is 0. The average Bonchev–Trinajstić information content (AvgIpc) is 2.49. The average molecular weight is 176 g/mol. The van der Waals surface area contributed by atoms with E-state index in [1.165, 1.54) is 35.5 Å². The molecule has 0 aromatic carbocycles. The van der Waals surface area contributed by atoms with E-state index in [0.717, 1.165) is 11.8 Å². The summed E-state index contributed by atoms with van der Waals surface area (Å²) in [6, 6.07) is 0. The highest BCUT2D eigenvalue weighted by Gasteiger charge is 2.67. The molecule has 4 rings (SSSR count). The lowest BCUT2D eigenvalue weighted by Crippen LogP contribution is -2.54. The quantitative estimate of drug-likeness (QED) is 0.532. The molecule has 0 saturated heterocycles. The summed E-state index contributed by atoms with van der Waals surface area (Å²) in [5.74, 6) is 9.31. The third kappa shape index (κ3) is 0.593. The standard InChI is InChI=1S/C13H20/c1-6-7(2)13-11-5-10(12(6)13)8-3-4-9(8)11/h6-13H,3-5H2,1-2H3. The summed E-state index contributed by atoms with van der Waals surface area (Å²) in [7, 11) is 0. The van der Waals surface area contributed by atoms with Crippen LogP contribution in [0.4, 0.5) is 0 Å². The number of hydrogen-bond acceptors (Lipinski definition) is 0. The van der Waals surface area contributed by atoms with Crippen molar-refractivity contribution in [3.8, 4) is 0 Å². The van der Waals surface area contributed by atoms with E-state index in [9.17, 15) is 0 Å². The molecule has 2 bridgehead atoms. The maximum absolute atomic E-state index is 2.51. The molecule has 4 aliphatic carbocycles. The van der Waals surface area contributed by atoms with E-state index in [-0.39, 0.29) is 0 Å². The second kappa shape index (κ2) is 1.99. The van der Waals surface area contributed by atoms with Crippen molar-refractivity contribution in [2.45, 2.75) is 33.1 Å². The summed E-state index contributed by atoms with van der Waals surface area (Å²) in [5.41, 5.74) is 0. The van der Waals surface area contributed by atoms with Crippen LogP contribution in [0.25, 0.3) is 0 Å². The number of hydrogen-bond donors (Lipinski definition) is 0. The molecule has 72 valence electrons. The maximum Gasteiger partial charge on any atom is -0.0321 e. The van der Waals surface area contributed by atoms with Crippen molar-refractivity contribution in [2.24, 2.45) is 47.3 Å². The molecule has 4 aliphatic rings. The van der Waals surface area contributed by atoms with Crippen LogP contribution in [0.3, 0.4) is 0 Å². The fraction of sp³-hybridized carbons (Fsp3) is 1.00. The van der Waals surface area contributed by atoms with Gasteiger partial charge in [-0.25, -0.2) is 0 Å². The molecule has 0 heteroatoms. The predicted octanol–water partition coefficient (Wildman–Crippen LogP) is 3.18. The monoisotopic (exact) mass is 176 g/mol. The van der Waals surface area contributed by atoms with Crippen LogP contribution >= 0.6 is 0 Å². The Bertz CT molecular complexity index is 227. The lowest BCUT2D eigenvalue weighted by Gasteiger charge is -2.59. The molecule has 0 aliphatic heterocycles. The van der Waals surface area contributed by atoms with Crippen molar-refractivity contribution in [3.05, 3.63) is 0 Å². The van der Waals surface area contributed by atoms with Crippen LogP contribution in [0.5, 0.6) is 0 Å². The first kappa shape index (κ1) is 7.31. The van der Waals surface area contributed by atoms with E-state index in [0.29, 0.717) is 0 Å². The smallest absolute Gasteiger partial charge is 0.0321 e. The molecule has 13 heavy (non-hydrogen) atoms. The minimum atomic E-state index is 1.07. The van der Waals surface area contributed by atoms with Gasteiger partial charge in [-0.15, -0.1) is 0 Å². The molecule has 0 amide bonds. The van der Waals surface area contributed by atoms with Crippen LogP contribution in [0, 0.1) is 47.3 Å². The van der Waals surface area contributed by atoms with Gasteiger partial charge in [0, 0.05) is 0 Å². The number of rotatable bonds is 0. The zero-order valence-electron chi connectivity index (χ0n) is 8.74. The van der Waals surface area contributed by atoms with Crippen LogP contribution in [-0.2, 0) is 0 Å². The fourth-order valence-corrected chi connectivity index (χ4v) is 5.77. The molecular formula is C13H20. The zero-order valence-corrected chi connectivity index (χ0v) is 8.74. The summed E-state index contributed by atoms with van der Waals surface area (Å²) in [5, 5.41) is 0. The van der Waals surface area contributed by atoms with Crippen molar-refractivity contribution in [1.82, 2.24) is 0 Å². The van der Waals surface area contributed by atoms with Crippen molar-refractivity contribution in [3.63, 3.8) is 0 Å². The van der Waals surface area contributed by atoms with Gasteiger partial charge in [-0.3, -0.25) is 0 Å². The van der Waals surface area contributed by atoms with Gasteiger partial charge >= 0.3 is 0 Å². The molecule has 0 aromatic heterocycles. The minimum Gasteiger partial charge on any atom is -0.0620 e. The van der Waals surface area contributed by atoms with Gasteiger partial charge in [0.05, 0.1) is 0 Å². The van der Waals surface area contributed by atoms with Crippen LogP contribution in [0.15, 0.2) is 0 Å². The molecule has 4 fully saturated rings. The van der Waals surface area contributed by atoms with Crippen LogP contribution < -0.4 is 0 Å². The van der Waals surface area contributed by atoms with Gasteiger partial charge < -0.3 is 0 Å². The number of fused-ring (bicyclic) bond motifs is 8. The molecule has 0 radical (unpaired) electrons. The minimum absolute atomic E-state index is 1.07. The Balaban J connectivity index is 1.71. The molecule has 8 atom stereocenters. The third-order valence-electron chi connectivity index (χ3n) is 6.50. The van der Waals surface area contributed by atoms with Gasteiger partial charge in [0.1, 0.15) is 0 Å². The molecule has 8 unspecified atom stereocenters. The van der Waals surface area contributed by atoms with Gasteiger partial charge in [-0.1, -0.05) is 13.8 Å². The highest BCUT2D eigenvalue weighted by atomic mass is 14.7. The van der Waals surface area contributed by atoms with E-state index >= 15 is 0 Å². The molecule has 0 heterocycles. The van der Waals surface area contributed by atoms with E-state index in [4.69, 9.17) is 0 Å². The Kier molecular flexibility index (Phi) is 1.12. The highest BCUT2D eigenvalue weighted by molar-refractivity contribution is 5.15. The Morgan fingerprint density at radius 1 is 0.692 bits per heavy atom. The van der Waals surface area contributed by atoms with Crippen molar-refractivity contribution in [1.29, 1.82) is 0 Å². The molecule has 0 aromatic rings. The Labute approximate surface area is 81.1 Å². The molecule has 0 N–H and O–H groups in total. The Hall–Kier alpha value is 0. The predicted molar refractivity (Wildman–Crippen MR) is 53.1 cm³/mol. The Morgan fingerprint density at radius 3 is 1.54 bits per heavy atom. The highest BCUT2D eigenvalue weighted by Crippen LogP contribution is 2.73. The first-order valence-corrected chi connectivity index (χ1v) is 6.29. The molecule has 4 saturated carbocycles. The lowest BCUT2D eigenvalue weighted by atomic mass is 9.46. The van der Waals surface area contributed by atoms with Crippen molar-refractivity contribution < 1.29 is 0 Å². The zero-order chi connectivity index (χ0) is 8.74. The second-order valence-electron chi connectivity index (χ2n) is 6.34. The van der Waals surface area contributed by atoms with Crippen molar-refractivity contribution in [2.75, 3.05) is 0 Å². The summed E-state index contributed by atoms with van der Waals surface area (Å²) in [6.07, 6.45) is 4.83. The first-order chi connectivity index (χ1) is 6.29. The largest absolute Gasteiger partial charge is 0.0620 e. The van der Waals surface area contributed by atoms with E-state index in [1.54, 1.807) is 19.3 Å². The SMILES string of the molecule is CC1C(C)C2C3CC(C4CCC43)C12. The van der Waals surface area contributed by atoms with E-state index in [1.807, 2.05) is 0 Å². The van der Waals surface area contributed by atoms with Gasteiger partial charge in [-0.2, -0.15) is 0 Å². The molecule has 0 spiro atoms. The van der Waals surface area contributed by atoms with Gasteiger partial charge in [0.15, 0.2) is 0 Å². The van der Waals surface area contributed by atoms with Crippen LogP contribution in [0.2, 0.25) is 0 Å². The third-order valence-corrected chi connectivity index (χ3v) is 6.50. The van der Waals surface area contributed by atoms with Crippen LogP contribution in [-0.4, -0.2) is 0 Å². The van der Waals surface area contributed by atoms with E-state index < -0.39 is 0 Å². The van der Waals surface area contributed by atoms with E-state index in [2.05, 4.69) is 13.8 Å². The van der Waals surface area contributed by atoms with Gasteiger partial charge in [-0.05, 0) is 66.6 Å². The van der Waals surface area contributed by atoms with Gasteiger partial charge in [0.25, 0.3) is 0 Å². The summed E-state index contributed by atoms with van der Waals surface area (Å²) >= 11 is 0. The fourth-order valence-electron chi connectivity index (χ4n) is 5.77. The topological polar surface area (TPSA) is 0 Å².